The van der Waals surface area contributed by atoms with E-state index in [0.29, 0.717) is 23.9 Å². The van der Waals surface area contributed by atoms with Gasteiger partial charge in [-0.05, 0) is 41.0 Å². The van der Waals surface area contributed by atoms with E-state index in [0.717, 1.165) is 30.0 Å². The number of nitrogens with zero attached hydrogens (tertiary/aromatic N) is 2. The maximum absolute atomic E-state index is 14.2. The van der Waals surface area contributed by atoms with Gasteiger partial charge >= 0.3 is 0 Å². The van der Waals surface area contributed by atoms with Crippen molar-refractivity contribution in [3.8, 4) is 0 Å². The van der Waals surface area contributed by atoms with Crippen LogP contribution in [0.25, 0.3) is 0 Å². The molecule has 1 fully saturated rings. The van der Waals surface area contributed by atoms with Gasteiger partial charge in [-0.25, -0.2) is 0 Å². The minimum atomic E-state index is -0.383. The number of hydrogen-bond donors (Lipinski definition) is 0. The minimum Gasteiger partial charge on any atom is -0.341 e. The van der Waals surface area contributed by atoms with E-state index in [-0.39, 0.29) is 23.8 Å². The van der Waals surface area contributed by atoms with E-state index in [4.69, 9.17) is 0 Å². The monoisotopic (exact) mass is 458 g/mol. The molecule has 2 aromatic carbocycles. The molecule has 5 rings (SSSR count). The zero-order valence-electron chi connectivity index (χ0n) is 19.2. The van der Waals surface area contributed by atoms with Crippen LogP contribution in [0, 0.1) is 5.92 Å². The van der Waals surface area contributed by atoms with Crippen molar-refractivity contribution >= 4 is 23.2 Å². The smallest absolute Gasteiger partial charge is 0.254 e. The molecule has 1 aromatic heterocycles. The summed E-state index contributed by atoms with van der Waals surface area (Å²) in [5, 5.41) is 2.04. The van der Waals surface area contributed by atoms with Gasteiger partial charge in [0, 0.05) is 36.0 Å². The number of fused-ring (bicyclic) bond motifs is 1. The molecular formula is C28H30N2O2S. The van der Waals surface area contributed by atoms with Gasteiger partial charge in [-0.1, -0.05) is 68.4 Å². The van der Waals surface area contributed by atoms with Crippen LogP contribution >= 0.6 is 11.3 Å². The van der Waals surface area contributed by atoms with Crippen LogP contribution < -0.4 is 0 Å². The highest BCUT2D eigenvalue weighted by Gasteiger charge is 2.46. The predicted octanol–water partition coefficient (Wildman–Crippen LogP) is 5.70. The molecule has 5 heteroatoms. The van der Waals surface area contributed by atoms with E-state index in [1.165, 1.54) is 5.56 Å². The first-order valence-corrected chi connectivity index (χ1v) is 12.7. The Morgan fingerprint density at radius 2 is 1.79 bits per heavy atom. The molecule has 0 radical (unpaired) electrons. The average Bonchev–Trinajstić information content (AvgIpc) is 3.53. The van der Waals surface area contributed by atoms with Gasteiger partial charge < -0.3 is 9.80 Å². The number of rotatable bonds is 5. The molecule has 170 valence electrons. The zero-order chi connectivity index (χ0) is 22.9. The van der Waals surface area contributed by atoms with Gasteiger partial charge in [-0.15, -0.1) is 11.3 Å². The number of hydrogen-bond acceptors (Lipinski definition) is 3. The van der Waals surface area contributed by atoms with E-state index in [1.54, 1.807) is 11.3 Å². The molecule has 2 amide bonds. The molecule has 3 aromatic rings. The Bertz CT molecular complexity index is 1130. The lowest BCUT2D eigenvalue weighted by Crippen LogP contribution is -2.48. The lowest BCUT2D eigenvalue weighted by molar-refractivity contribution is -0.133. The van der Waals surface area contributed by atoms with Crippen LogP contribution in [0.1, 0.15) is 64.5 Å². The number of carbonyl (C=O) groups is 2. The van der Waals surface area contributed by atoms with Gasteiger partial charge in [0.05, 0.1) is 12.0 Å². The second kappa shape index (κ2) is 9.14. The first-order chi connectivity index (χ1) is 16.0. The van der Waals surface area contributed by atoms with Gasteiger partial charge in [0.2, 0.25) is 5.91 Å². The van der Waals surface area contributed by atoms with Crippen LogP contribution in [0.3, 0.4) is 0 Å². The minimum absolute atomic E-state index is 0.0327. The first-order valence-electron chi connectivity index (χ1n) is 11.8. The normalized spacial score (nSPS) is 22.6. The van der Waals surface area contributed by atoms with E-state index in [2.05, 4.69) is 44.2 Å². The van der Waals surface area contributed by atoms with Crippen molar-refractivity contribution < 1.29 is 9.59 Å². The molecule has 2 aliphatic rings. The Balaban J connectivity index is 1.54. The highest BCUT2D eigenvalue weighted by molar-refractivity contribution is 7.10. The summed E-state index contributed by atoms with van der Waals surface area (Å²) < 4.78 is 0. The molecule has 0 saturated carbocycles. The van der Waals surface area contributed by atoms with Crippen LogP contribution in [-0.2, 0) is 4.79 Å². The second-order valence-corrected chi connectivity index (χ2v) is 10.5. The molecule has 3 heterocycles. The van der Waals surface area contributed by atoms with E-state index < -0.39 is 0 Å². The summed E-state index contributed by atoms with van der Waals surface area (Å²) in [7, 11) is 0. The SMILES string of the molecule is CC(C)CN1C(=O)c2ccccc2C(C(=O)N2CCC(c3ccccc3)C2)C1c1cccs1. The Hall–Kier alpha value is -2.92. The average molecular weight is 459 g/mol. The maximum Gasteiger partial charge on any atom is 0.254 e. The fraction of sp³-hybridized carbons (Fsp3) is 0.357. The molecule has 4 nitrogen and oxygen atoms in total. The fourth-order valence-electron chi connectivity index (χ4n) is 5.38. The third kappa shape index (κ3) is 4.10. The number of carbonyl (C=O) groups excluding carboxylic acids is 2. The first kappa shape index (κ1) is 21.9. The van der Waals surface area contributed by atoms with E-state index >= 15 is 0 Å². The van der Waals surface area contributed by atoms with Crippen molar-refractivity contribution in [3.05, 3.63) is 93.7 Å². The Kier molecular flexibility index (Phi) is 6.07. The lowest BCUT2D eigenvalue weighted by Gasteiger charge is -2.43. The van der Waals surface area contributed by atoms with Gasteiger partial charge in [0.1, 0.15) is 0 Å². The zero-order valence-corrected chi connectivity index (χ0v) is 20.0. The summed E-state index contributed by atoms with van der Waals surface area (Å²) >= 11 is 1.63. The third-order valence-electron chi connectivity index (χ3n) is 6.87. The number of amides is 2. The van der Waals surface area contributed by atoms with Crippen molar-refractivity contribution in [3.63, 3.8) is 0 Å². The maximum atomic E-state index is 14.2. The summed E-state index contributed by atoms with van der Waals surface area (Å²) in [5.41, 5.74) is 2.83. The van der Waals surface area contributed by atoms with Gasteiger partial charge in [-0.2, -0.15) is 0 Å². The second-order valence-electron chi connectivity index (χ2n) is 9.56. The Morgan fingerprint density at radius 3 is 2.52 bits per heavy atom. The Morgan fingerprint density at radius 1 is 1.03 bits per heavy atom. The van der Waals surface area contributed by atoms with Crippen molar-refractivity contribution in [2.75, 3.05) is 19.6 Å². The van der Waals surface area contributed by atoms with Gasteiger partial charge in [0.25, 0.3) is 5.91 Å². The largest absolute Gasteiger partial charge is 0.341 e. The number of likely N-dealkylation sites (tertiary alicyclic amines) is 1. The molecule has 0 aliphatic carbocycles. The highest BCUT2D eigenvalue weighted by atomic mass is 32.1. The third-order valence-corrected chi connectivity index (χ3v) is 7.82. The molecule has 3 atom stereocenters. The predicted molar refractivity (Wildman–Crippen MR) is 132 cm³/mol. The van der Waals surface area contributed by atoms with Crippen molar-refractivity contribution in [2.24, 2.45) is 5.92 Å². The van der Waals surface area contributed by atoms with E-state index in [9.17, 15) is 9.59 Å². The molecule has 33 heavy (non-hydrogen) atoms. The quantitative estimate of drug-likeness (QED) is 0.492. The van der Waals surface area contributed by atoms with Gasteiger partial charge in [0.15, 0.2) is 0 Å². The van der Waals surface area contributed by atoms with Crippen LogP contribution in [-0.4, -0.2) is 41.2 Å². The van der Waals surface area contributed by atoms with Crippen LogP contribution in [0.5, 0.6) is 0 Å². The van der Waals surface area contributed by atoms with E-state index in [1.807, 2.05) is 51.6 Å². The number of thiophene rings is 1. The van der Waals surface area contributed by atoms with Crippen molar-refractivity contribution in [1.29, 1.82) is 0 Å². The Labute approximate surface area is 199 Å². The molecule has 0 bridgehead atoms. The summed E-state index contributed by atoms with van der Waals surface area (Å²) in [6, 6.07) is 22.0. The molecule has 2 aliphatic heterocycles. The van der Waals surface area contributed by atoms with Crippen LogP contribution in [0.15, 0.2) is 72.1 Å². The number of benzene rings is 2. The highest BCUT2D eigenvalue weighted by Crippen LogP contribution is 2.46. The standard InChI is InChI=1S/C28H30N2O2S/c1-19(2)17-30-26(24-13-8-16-33-24)25(22-11-6-7-12-23(22)27(30)31)28(32)29-15-14-21(18-29)20-9-4-3-5-10-20/h3-13,16,19,21,25-26H,14-15,17-18H2,1-2H3. The molecule has 0 N–H and O–H groups in total. The summed E-state index contributed by atoms with van der Waals surface area (Å²) in [6.07, 6.45) is 0.975. The van der Waals surface area contributed by atoms with Crippen molar-refractivity contribution in [2.45, 2.75) is 38.1 Å². The molecule has 3 unspecified atom stereocenters. The summed E-state index contributed by atoms with van der Waals surface area (Å²) in [5.74, 6) is 0.464. The van der Waals surface area contributed by atoms with Crippen LogP contribution in [0.4, 0.5) is 0 Å². The van der Waals surface area contributed by atoms with Crippen LogP contribution in [0.2, 0.25) is 0 Å². The fourth-order valence-corrected chi connectivity index (χ4v) is 6.26. The topological polar surface area (TPSA) is 40.6 Å². The molecular weight excluding hydrogens is 428 g/mol. The van der Waals surface area contributed by atoms with Crippen molar-refractivity contribution in [1.82, 2.24) is 9.80 Å². The summed E-state index contributed by atoms with van der Waals surface area (Å²) in [4.78, 5) is 32.8. The van der Waals surface area contributed by atoms with Gasteiger partial charge in [-0.3, -0.25) is 9.59 Å². The lowest BCUT2D eigenvalue weighted by atomic mass is 9.80. The summed E-state index contributed by atoms with van der Waals surface area (Å²) in [6.45, 7) is 6.37. The molecule has 0 spiro atoms. The molecule has 1 saturated heterocycles.